The van der Waals surface area contributed by atoms with E-state index in [1.807, 2.05) is 0 Å². The lowest BCUT2D eigenvalue weighted by Crippen LogP contribution is -1.92. The molecule has 1 N–H and O–H groups in total. The van der Waals surface area contributed by atoms with Gasteiger partial charge in [0.2, 0.25) is 0 Å². The number of hydrogen-bond acceptors (Lipinski definition) is 1. The Balaban J connectivity index is 3.25. The Kier molecular flexibility index (Phi) is 14.9. The second-order valence-electron chi connectivity index (χ2n) is 5.19. The highest BCUT2D eigenvalue weighted by molar-refractivity contribution is 5.66. The van der Waals surface area contributed by atoms with Crippen molar-refractivity contribution in [2.45, 2.75) is 84.0 Å². The Bertz CT molecular complexity index is 307. The number of carboxylic acid groups (broad SMARTS) is 1. The molecular formula is C18H30O2. The molecule has 0 aliphatic heterocycles. The molecule has 0 fully saturated rings. The first-order chi connectivity index (χ1) is 9.77. The van der Waals surface area contributed by atoms with Crippen LogP contribution < -0.4 is 0 Å². The monoisotopic (exact) mass is 278 g/mol. The molecule has 0 heterocycles. The van der Waals surface area contributed by atoms with Gasteiger partial charge in [0.15, 0.2) is 0 Å². The molecule has 0 aliphatic rings. The van der Waals surface area contributed by atoms with Gasteiger partial charge in [-0.05, 0) is 25.7 Å². The van der Waals surface area contributed by atoms with E-state index in [1.54, 1.807) is 0 Å². The van der Waals surface area contributed by atoms with Crippen LogP contribution in [0.4, 0.5) is 0 Å². The van der Waals surface area contributed by atoms with E-state index in [2.05, 4.69) is 30.9 Å². The van der Waals surface area contributed by atoms with Crippen molar-refractivity contribution in [2.75, 3.05) is 0 Å². The molecule has 0 amide bonds. The van der Waals surface area contributed by atoms with Crippen LogP contribution in [0.1, 0.15) is 84.0 Å². The fourth-order valence-electron chi connectivity index (χ4n) is 1.95. The number of carbonyl (C=O) groups is 1. The van der Waals surface area contributed by atoms with Gasteiger partial charge in [0.25, 0.3) is 0 Å². The van der Waals surface area contributed by atoms with Crippen molar-refractivity contribution in [1.82, 2.24) is 0 Å². The van der Waals surface area contributed by atoms with Gasteiger partial charge in [-0.25, -0.2) is 0 Å². The van der Waals surface area contributed by atoms with Gasteiger partial charge < -0.3 is 5.11 Å². The van der Waals surface area contributed by atoms with Crippen LogP contribution >= 0.6 is 0 Å². The third-order valence-corrected chi connectivity index (χ3v) is 3.18. The summed E-state index contributed by atoms with van der Waals surface area (Å²) in [5.41, 5.74) is 0. The summed E-state index contributed by atoms with van der Waals surface area (Å²) in [6, 6.07) is 0. The predicted molar refractivity (Wildman–Crippen MR) is 85.6 cm³/mol. The molecule has 20 heavy (non-hydrogen) atoms. The maximum Gasteiger partial charge on any atom is 0.303 e. The molecule has 0 saturated carbocycles. The van der Waals surface area contributed by atoms with Crippen molar-refractivity contribution >= 4 is 5.97 Å². The molecular weight excluding hydrogens is 248 g/mol. The summed E-state index contributed by atoms with van der Waals surface area (Å²) in [5.74, 6) is 5.68. The second kappa shape index (κ2) is 15.8. The lowest BCUT2D eigenvalue weighted by atomic mass is 10.1. The normalized spacial score (nSPS) is 10.4. The zero-order valence-corrected chi connectivity index (χ0v) is 13.0. The molecule has 0 rings (SSSR count). The zero-order valence-electron chi connectivity index (χ0n) is 13.0. The summed E-state index contributed by atoms with van der Waals surface area (Å²) in [4.78, 5) is 10.3. The quantitative estimate of drug-likeness (QED) is 0.297. The smallest absolute Gasteiger partial charge is 0.303 e. The lowest BCUT2D eigenvalue weighted by molar-refractivity contribution is -0.137. The van der Waals surface area contributed by atoms with Gasteiger partial charge in [-0.1, -0.05) is 57.1 Å². The number of unbranched alkanes of at least 4 members (excludes halogenated alkanes) is 8. The molecule has 0 saturated heterocycles. The summed E-state index contributed by atoms with van der Waals surface area (Å²) >= 11 is 0. The number of aliphatic carboxylic acids is 1. The Hall–Kier alpha value is -1.23. The SMILES string of the molecule is CCCCCCCCC#CC/C=C/CCCCC(=O)O. The average Bonchev–Trinajstić information content (AvgIpc) is 2.43. The topological polar surface area (TPSA) is 37.3 Å². The van der Waals surface area contributed by atoms with Gasteiger partial charge in [-0.15, -0.1) is 5.92 Å². The van der Waals surface area contributed by atoms with E-state index in [0.29, 0.717) is 0 Å². The van der Waals surface area contributed by atoms with Crippen molar-refractivity contribution in [3.63, 3.8) is 0 Å². The molecule has 0 aliphatic carbocycles. The number of hydrogen-bond donors (Lipinski definition) is 1. The minimum Gasteiger partial charge on any atom is -0.481 e. The Morgan fingerprint density at radius 1 is 0.950 bits per heavy atom. The Morgan fingerprint density at radius 3 is 2.45 bits per heavy atom. The summed E-state index contributed by atoms with van der Waals surface area (Å²) in [6.07, 6.45) is 17.0. The van der Waals surface area contributed by atoms with E-state index in [-0.39, 0.29) is 6.42 Å². The van der Waals surface area contributed by atoms with E-state index in [0.717, 1.165) is 32.1 Å². The predicted octanol–water partition coefficient (Wildman–Crippen LogP) is 5.33. The number of rotatable bonds is 12. The molecule has 114 valence electrons. The highest BCUT2D eigenvalue weighted by atomic mass is 16.4. The molecule has 0 bridgehead atoms. The molecule has 0 unspecified atom stereocenters. The molecule has 2 heteroatoms. The summed E-state index contributed by atoms with van der Waals surface area (Å²) in [6.45, 7) is 2.24. The molecule has 0 aromatic rings. The van der Waals surface area contributed by atoms with Crippen LogP contribution in [0.15, 0.2) is 12.2 Å². The molecule has 0 atom stereocenters. The summed E-state index contributed by atoms with van der Waals surface area (Å²) in [5, 5.41) is 8.48. The fraction of sp³-hybridized carbons (Fsp3) is 0.722. The van der Waals surface area contributed by atoms with Crippen molar-refractivity contribution in [3.8, 4) is 11.8 Å². The molecule has 0 spiro atoms. The summed E-state index contributed by atoms with van der Waals surface area (Å²) in [7, 11) is 0. The van der Waals surface area contributed by atoms with Crippen LogP contribution in [-0.4, -0.2) is 11.1 Å². The van der Waals surface area contributed by atoms with E-state index >= 15 is 0 Å². The van der Waals surface area contributed by atoms with Crippen molar-refractivity contribution in [1.29, 1.82) is 0 Å². The van der Waals surface area contributed by atoms with Gasteiger partial charge in [-0.2, -0.15) is 0 Å². The van der Waals surface area contributed by atoms with Crippen LogP contribution in [0.5, 0.6) is 0 Å². The highest BCUT2D eigenvalue weighted by Crippen LogP contribution is 2.06. The molecule has 0 radical (unpaired) electrons. The van der Waals surface area contributed by atoms with Crippen LogP contribution in [0.25, 0.3) is 0 Å². The maximum atomic E-state index is 10.3. The maximum absolute atomic E-state index is 10.3. The average molecular weight is 278 g/mol. The Morgan fingerprint density at radius 2 is 1.70 bits per heavy atom. The minimum absolute atomic E-state index is 0.284. The minimum atomic E-state index is -0.699. The number of carboxylic acids is 1. The van der Waals surface area contributed by atoms with E-state index in [9.17, 15) is 4.79 Å². The highest BCUT2D eigenvalue weighted by Gasteiger charge is 1.93. The molecule has 0 aromatic carbocycles. The lowest BCUT2D eigenvalue weighted by Gasteiger charge is -1.96. The van der Waals surface area contributed by atoms with E-state index in [4.69, 9.17) is 5.11 Å². The largest absolute Gasteiger partial charge is 0.481 e. The van der Waals surface area contributed by atoms with Crippen molar-refractivity contribution in [2.24, 2.45) is 0 Å². The van der Waals surface area contributed by atoms with E-state index in [1.165, 1.54) is 38.5 Å². The standard InChI is InChI=1S/C18H30O2/c1-2-3-4-5-6-7-8-9-10-11-12-13-14-15-16-17-18(19)20/h12-13H,2-8,11,14-17H2,1H3,(H,19,20)/b13-12+. The third-order valence-electron chi connectivity index (χ3n) is 3.18. The first-order valence-corrected chi connectivity index (χ1v) is 8.10. The fourth-order valence-corrected chi connectivity index (χ4v) is 1.95. The van der Waals surface area contributed by atoms with Crippen LogP contribution in [0.3, 0.4) is 0 Å². The van der Waals surface area contributed by atoms with Gasteiger partial charge in [0.1, 0.15) is 0 Å². The third kappa shape index (κ3) is 16.8. The van der Waals surface area contributed by atoms with Gasteiger partial charge >= 0.3 is 5.97 Å². The van der Waals surface area contributed by atoms with Gasteiger partial charge in [0.05, 0.1) is 0 Å². The summed E-state index contributed by atoms with van der Waals surface area (Å²) < 4.78 is 0. The van der Waals surface area contributed by atoms with Crippen LogP contribution in [0, 0.1) is 11.8 Å². The Labute approximate surface area is 124 Å². The number of allylic oxidation sites excluding steroid dienone is 2. The first kappa shape index (κ1) is 18.8. The van der Waals surface area contributed by atoms with Crippen molar-refractivity contribution in [3.05, 3.63) is 12.2 Å². The van der Waals surface area contributed by atoms with Gasteiger partial charge in [0, 0.05) is 19.3 Å². The first-order valence-electron chi connectivity index (χ1n) is 8.10. The van der Waals surface area contributed by atoms with Crippen LogP contribution in [0.2, 0.25) is 0 Å². The zero-order chi connectivity index (χ0) is 14.9. The van der Waals surface area contributed by atoms with E-state index < -0.39 is 5.97 Å². The van der Waals surface area contributed by atoms with Crippen molar-refractivity contribution < 1.29 is 9.90 Å². The molecule has 0 aromatic heterocycles. The van der Waals surface area contributed by atoms with Crippen LogP contribution in [-0.2, 0) is 4.79 Å². The second-order valence-corrected chi connectivity index (χ2v) is 5.19. The van der Waals surface area contributed by atoms with Gasteiger partial charge in [-0.3, -0.25) is 4.79 Å². The molecule has 2 nitrogen and oxygen atoms in total.